The fourth-order valence-electron chi connectivity index (χ4n) is 3.22. The van der Waals surface area contributed by atoms with Crippen molar-refractivity contribution in [1.29, 1.82) is 0 Å². The number of morpholine rings is 1. The summed E-state index contributed by atoms with van der Waals surface area (Å²) in [6, 6.07) is 5.93. The molecule has 3 rings (SSSR count). The molecule has 2 atom stereocenters. The summed E-state index contributed by atoms with van der Waals surface area (Å²) in [6.45, 7) is 2.41. The molecule has 1 N–H and O–H groups in total. The van der Waals surface area contributed by atoms with Crippen LogP contribution in [0, 0.1) is 0 Å². The first-order valence-corrected chi connectivity index (χ1v) is 7.89. The van der Waals surface area contributed by atoms with Crippen molar-refractivity contribution in [3.05, 3.63) is 29.8 Å². The molecule has 1 amide bonds. The van der Waals surface area contributed by atoms with E-state index in [2.05, 4.69) is 10.1 Å². The van der Waals surface area contributed by atoms with Crippen molar-refractivity contribution >= 4 is 18.3 Å². The lowest BCUT2D eigenvalue weighted by Gasteiger charge is -2.37. The van der Waals surface area contributed by atoms with E-state index in [1.807, 2.05) is 0 Å². The third kappa shape index (κ3) is 4.99. The summed E-state index contributed by atoms with van der Waals surface area (Å²) in [7, 11) is 0. The highest BCUT2D eigenvalue weighted by Gasteiger charge is 2.38. The third-order valence-electron chi connectivity index (χ3n) is 4.32. The molecule has 2 fully saturated rings. The summed E-state index contributed by atoms with van der Waals surface area (Å²) in [5.74, 6) is -0.320. The Labute approximate surface area is 149 Å². The number of halogens is 4. The molecule has 0 bridgehead atoms. The molecule has 2 heterocycles. The van der Waals surface area contributed by atoms with Crippen LogP contribution in [0.15, 0.2) is 24.3 Å². The predicted octanol–water partition coefficient (Wildman–Crippen LogP) is 2.14. The molecule has 0 unspecified atom stereocenters. The Morgan fingerprint density at radius 3 is 2.84 bits per heavy atom. The van der Waals surface area contributed by atoms with Gasteiger partial charge in [-0.15, -0.1) is 25.6 Å². The minimum absolute atomic E-state index is 0. The number of hydrogen-bond acceptors (Lipinski definition) is 4. The van der Waals surface area contributed by atoms with Gasteiger partial charge in [-0.05, 0) is 18.1 Å². The van der Waals surface area contributed by atoms with E-state index in [0.717, 1.165) is 6.54 Å². The average molecular weight is 381 g/mol. The molecule has 2 saturated heterocycles. The van der Waals surface area contributed by atoms with Gasteiger partial charge in [-0.3, -0.25) is 4.79 Å². The van der Waals surface area contributed by atoms with Gasteiger partial charge in [-0.1, -0.05) is 18.2 Å². The van der Waals surface area contributed by atoms with Gasteiger partial charge in [0.2, 0.25) is 5.91 Å². The Hall–Kier alpha value is -1.51. The van der Waals surface area contributed by atoms with Crippen LogP contribution in [0.1, 0.15) is 12.0 Å². The number of hydrogen-bond donors (Lipinski definition) is 1. The normalized spacial score (nSPS) is 22.9. The van der Waals surface area contributed by atoms with E-state index < -0.39 is 6.36 Å². The van der Waals surface area contributed by atoms with E-state index in [4.69, 9.17) is 4.74 Å². The Kier molecular flexibility index (Phi) is 6.53. The maximum atomic E-state index is 12.5. The Bertz CT molecular complexity index is 600. The van der Waals surface area contributed by atoms with Crippen LogP contribution in [0.2, 0.25) is 0 Å². The van der Waals surface area contributed by atoms with E-state index >= 15 is 0 Å². The molecule has 5 nitrogen and oxygen atoms in total. The molecular weight excluding hydrogens is 361 g/mol. The molecule has 140 valence electrons. The molecule has 0 spiro atoms. The van der Waals surface area contributed by atoms with Gasteiger partial charge >= 0.3 is 6.36 Å². The molecule has 9 heteroatoms. The standard InChI is InChI=1S/C16H19F3N2O3.ClH/c17-16(18,19)24-13-4-2-1-3-11(13)5-6-15(22)21-7-8-23-14-10-20-9-12(14)21;/h1-4,12,14,20H,5-10H2;1H/t12-,14+;/m1./s1. The number of alkyl halides is 3. The first-order chi connectivity index (χ1) is 11.4. The lowest BCUT2D eigenvalue weighted by atomic mass is 10.1. The van der Waals surface area contributed by atoms with Gasteiger partial charge in [-0.2, -0.15) is 0 Å². The number of carbonyl (C=O) groups excluding carboxylic acids is 1. The summed E-state index contributed by atoms with van der Waals surface area (Å²) >= 11 is 0. The number of aryl methyl sites for hydroxylation is 1. The lowest BCUT2D eigenvalue weighted by Crippen LogP contribution is -2.53. The third-order valence-corrected chi connectivity index (χ3v) is 4.32. The smallest absolute Gasteiger partial charge is 0.406 e. The molecular formula is C16H20ClF3N2O3. The lowest BCUT2D eigenvalue weighted by molar-refractivity contribution is -0.274. The average Bonchev–Trinajstić information content (AvgIpc) is 3.00. The number of para-hydroxylation sites is 1. The monoisotopic (exact) mass is 380 g/mol. The van der Waals surface area contributed by atoms with Gasteiger partial charge in [-0.25, -0.2) is 0 Å². The summed E-state index contributed by atoms with van der Waals surface area (Å²) < 4.78 is 47.0. The van der Waals surface area contributed by atoms with Crippen molar-refractivity contribution in [1.82, 2.24) is 10.2 Å². The molecule has 25 heavy (non-hydrogen) atoms. The predicted molar refractivity (Wildman–Crippen MR) is 86.8 cm³/mol. The van der Waals surface area contributed by atoms with Gasteiger partial charge < -0.3 is 19.7 Å². The van der Waals surface area contributed by atoms with Crippen LogP contribution in [0.25, 0.3) is 0 Å². The molecule has 1 aromatic carbocycles. The van der Waals surface area contributed by atoms with Crippen molar-refractivity contribution in [2.24, 2.45) is 0 Å². The van der Waals surface area contributed by atoms with Gasteiger partial charge in [0.25, 0.3) is 0 Å². The second kappa shape index (κ2) is 8.25. The number of nitrogens with zero attached hydrogens (tertiary/aromatic N) is 1. The van der Waals surface area contributed by atoms with Crippen molar-refractivity contribution in [2.75, 3.05) is 26.2 Å². The van der Waals surface area contributed by atoms with E-state index in [1.54, 1.807) is 17.0 Å². The fourth-order valence-corrected chi connectivity index (χ4v) is 3.22. The molecule has 2 aliphatic rings. The topological polar surface area (TPSA) is 50.8 Å². The van der Waals surface area contributed by atoms with Crippen LogP contribution in [0.5, 0.6) is 5.75 Å². The zero-order valence-electron chi connectivity index (χ0n) is 13.4. The summed E-state index contributed by atoms with van der Waals surface area (Å²) in [5, 5.41) is 3.19. The van der Waals surface area contributed by atoms with E-state index in [9.17, 15) is 18.0 Å². The van der Waals surface area contributed by atoms with Crippen molar-refractivity contribution < 1.29 is 27.4 Å². The SMILES string of the molecule is Cl.O=C(CCc1ccccc1OC(F)(F)F)N1CCO[C@H]2CNC[C@H]21. The minimum atomic E-state index is -4.74. The van der Waals surface area contributed by atoms with Crippen molar-refractivity contribution in [2.45, 2.75) is 31.3 Å². The number of nitrogens with one attached hydrogen (secondary N) is 1. The molecule has 0 saturated carbocycles. The van der Waals surface area contributed by atoms with Crippen LogP contribution >= 0.6 is 12.4 Å². The van der Waals surface area contributed by atoms with Crippen molar-refractivity contribution in [3.63, 3.8) is 0 Å². The van der Waals surface area contributed by atoms with Crippen LogP contribution < -0.4 is 10.1 Å². The van der Waals surface area contributed by atoms with E-state index in [0.29, 0.717) is 25.3 Å². The maximum absolute atomic E-state index is 12.5. The second-order valence-electron chi connectivity index (χ2n) is 5.88. The van der Waals surface area contributed by atoms with Crippen molar-refractivity contribution in [3.8, 4) is 5.75 Å². The van der Waals surface area contributed by atoms with Crippen LogP contribution in [-0.2, 0) is 16.0 Å². The maximum Gasteiger partial charge on any atom is 0.573 e. The highest BCUT2D eigenvalue weighted by atomic mass is 35.5. The van der Waals surface area contributed by atoms with Crippen LogP contribution in [-0.4, -0.2) is 55.6 Å². The van der Waals surface area contributed by atoms with Gasteiger partial charge in [0.15, 0.2) is 0 Å². The quantitative estimate of drug-likeness (QED) is 0.869. The number of carbonyl (C=O) groups is 1. The summed E-state index contributed by atoms with van der Waals surface area (Å²) in [6.07, 6.45) is -4.40. The van der Waals surface area contributed by atoms with Crippen LogP contribution in [0.4, 0.5) is 13.2 Å². The summed E-state index contributed by atoms with van der Waals surface area (Å²) in [4.78, 5) is 14.3. The number of benzene rings is 1. The zero-order valence-corrected chi connectivity index (χ0v) is 14.2. The molecule has 0 radical (unpaired) electrons. The molecule has 0 aromatic heterocycles. The largest absolute Gasteiger partial charge is 0.573 e. The molecule has 2 aliphatic heterocycles. The Morgan fingerprint density at radius 1 is 1.32 bits per heavy atom. The van der Waals surface area contributed by atoms with E-state index in [1.165, 1.54) is 12.1 Å². The Balaban J connectivity index is 0.00000225. The Morgan fingerprint density at radius 2 is 2.08 bits per heavy atom. The van der Waals surface area contributed by atoms with Crippen LogP contribution in [0.3, 0.4) is 0 Å². The number of ether oxygens (including phenoxy) is 2. The van der Waals surface area contributed by atoms with Gasteiger partial charge in [0.05, 0.1) is 18.8 Å². The van der Waals surface area contributed by atoms with Gasteiger partial charge in [0, 0.05) is 26.1 Å². The highest BCUT2D eigenvalue weighted by Crippen LogP contribution is 2.27. The zero-order chi connectivity index (χ0) is 17.2. The molecule has 1 aromatic rings. The van der Waals surface area contributed by atoms with Gasteiger partial charge in [0.1, 0.15) is 5.75 Å². The minimum Gasteiger partial charge on any atom is -0.406 e. The first kappa shape index (κ1) is 19.8. The highest BCUT2D eigenvalue weighted by molar-refractivity contribution is 5.85. The van der Waals surface area contributed by atoms with E-state index in [-0.39, 0.29) is 49.1 Å². The number of fused-ring (bicyclic) bond motifs is 1. The number of amides is 1. The second-order valence-corrected chi connectivity index (χ2v) is 5.88. The molecule has 0 aliphatic carbocycles. The number of rotatable bonds is 4. The fraction of sp³-hybridized carbons (Fsp3) is 0.562. The summed E-state index contributed by atoms with van der Waals surface area (Å²) in [5.41, 5.74) is 0.373. The first-order valence-electron chi connectivity index (χ1n) is 7.89.